The van der Waals surface area contributed by atoms with Gasteiger partial charge in [-0.25, -0.2) is 0 Å². The van der Waals surface area contributed by atoms with E-state index in [2.05, 4.69) is 43.1 Å². The Labute approximate surface area is 161 Å². The molecule has 2 aromatic carbocycles. The van der Waals surface area contributed by atoms with Crippen molar-refractivity contribution in [1.29, 1.82) is 0 Å². The zero-order chi connectivity index (χ0) is 17.0. The molecule has 0 aromatic heterocycles. The molecule has 0 bridgehead atoms. The molecule has 0 saturated carbocycles. The minimum atomic E-state index is 0. The summed E-state index contributed by atoms with van der Waals surface area (Å²) in [6.45, 7) is 4.33. The summed E-state index contributed by atoms with van der Waals surface area (Å²) in [4.78, 5) is 9.32. The topological polar surface area (TPSA) is 24.7 Å². The Hall–Kier alpha value is -1.99. The van der Waals surface area contributed by atoms with Crippen molar-refractivity contribution in [3.05, 3.63) is 66.2 Å². The van der Waals surface area contributed by atoms with Crippen molar-refractivity contribution in [2.24, 2.45) is 9.98 Å². The molecule has 0 radical (unpaired) electrons. The van der Waals surface area contributed by atoms with Crippen molar-refractivity contribution in [2.45, 2.75) is 39.5 Å². The zero-order valence-corrected chi connectivity index (χ0v) is 16.0. The molecule has 0 N–H and O–H groups in total. The first-order chi connectivity index (χ1) is 11.8. The van der Waals surface area contributed by atoms with Crippen LogP contribution in [0.4, 0.5) is 11.4 Å². The van der Waals surface area contributed by atoms with Crippen LogP contribution in [0.3, 0.4) is 0 Å². The van der Waals surface area contributed by atoms with Gasteiger partial charge in [-0.15, -0.1) is 0 Å². The molecule has 0 aliphatic carbocycles. The molecule has 2 nitrogen and oxygen atoms in total. The van der Waals surface area contributed by atoms with Gasteiger partial charge in [0.1, 0.15) is 0 Å². The summed E-state index contributed by atoms with van der Waals surface area (Å²) in [7, 11) is 0. The first-order valence-corrected chi connectivity index (χ1v) is 8.75. The van der Waals surface area contributed by atoms with E-state index in [-0.39, 0.29) is 16.5 Å². The van der Waals surface area contributed by atoms with E-state index in [1.54, 1.807) is 0 Å². The molecule has 0 aliphatic rings. The molecular weight excluding hydrogens is 351 g/mol. The van der Waals surface area contributed by atoms with E-state index < -0.39 is 0 Å². The van der Waals surface area contributed by atoms with Crippen molar-refractivity contribution >= 4 is 29.4 Å². The minimum Gasteiger partial charge on any atom is -0.255 e. The van der Waals surface area contributed by atoms with Crippen molar-refractivity contribution < 1.29 is 16.5 Å². The normalized spacial score (nSPS) is 11.8. The third-order valence-electron chi connectivity index (χ3n) is 3.62. The monoisotopic (exact) mass is 376 g/mol. The van der Waals surface area contributed by atoms with Crippen LogP contribution in [-0.2, 0) is 16.5 Å². The Morgan fingerprint density at radius 3 is 2.28 bits per heavy atom. The average Bonchev–Trinajstić information content (AvgIpc) is 2.64. The first-order valence-electron chi connectivity index (χ1n) is 8.75. The molecule has 0 fully saturated rings. The van der Waals surface area contributed by atoms with Gasteiger partial charge in [0.2, 0.25) is 0 Å². The van der Waals surface area contributed by atoms with E-state index >= 15 is 0 Å². The molecule has 0 atom stereocenters. The predicted molar refractivity (Wildman–Crippen MR) is 107 cm³/mol. The van der Waals surface area contributed by atoms with Crippen LogP contribution >= 0.6 is 0 Å². The number of unbranched alkanes of at least 4 members (excludes halogenated alkanes) is 1. The standard InChI is InChI=1S/C22H26N2.Ni/c1-3-5-10-19-14-16-20(17-15-19)23-18-22(11-6-4-2)24-21-12-8-7-9-13-21;/h5,7-10,12-18H,3-4,6,11H2,1-2H3;/b10-5+,23-18?,24-22?;. The van der Waals surface area contributed by atoms with Gasteiger partial charge in [0.05, 0.1) is 17.1 Å². The summed E-state index contributed by atoms with van der Waals surface area (Å²) in [6.07, 6.45) is 10.5. The van der Waals surface area contributed by atoms with Crippen molar-refractivity contribution in [3.8, 4) is 0 Å². The third kappa shape index (κ3) is 8.09. The number of hydrogen-bond donors (Lipinski definition) is 0. The maximum atomic E-state index is 4.73. The van der Waals surface area contributed by atoms with Gasteiger partial charge in [0.15, 0.2) is 0 Å². The summed E-state index contributed by atoms with van der Waals surface area (Å²) < 4.78 is 0. The summed E-state index contributed by atoms with van der Waals surface area (Å²) in [5.74, 6) is 0. The van der Waals surface area contributed by atoms with Crippen LogP contribution in [0.25, 0.3) is 6.08 Å². The maximum Gasteiger partial charge on any atom is 0.0633 e. The molecule has 0 saturated heterocycles. The molecule has 2 rings (SSSR count). The quantitative estimate of drug-likeness (QED) is 0.358. The van der Waals surface area contributed by atoms with E-state index in [1.165, 1.54) is 5.56 Å². The second-order valence-electron chi connectivity index (χ2n) is 5.70. The Balaban J connectivity index is 0.00000312. The fraction of sp³-hybridized carbons (Fsp3) is 0.273. The molecule has 0 aliphatic heterocycles. The minimum absolute atomic E-state index is 0. The Morgan fingerprint density at radius 2 is 1.64 bits per heavy atom. The largest absolute Gasteiger partial charge is 0.255 e. The van der Waals surface area contributed by atoms with Gasteiger partial charge < -0.3 is 0 Å². The summed E-state index contributed by atoms with van der Waals surface area (Å²) in [5, 5.41) is 0. The number of hydrogen-bond acceptors (Lipinski definition) is 2. The third-order valence-corrected chi connectivity index (χ3v) is 3.62. The van der Waals surface area contributed by atoms with E-state index in [0.29, 0.717) is 0 Å². The molecule has 0 spiro atoms. The molecule has 3 heteroatoms. The molecule has 0 unspecified atom stereocenters. The smallest absolute Gasteiger partial charge is 0.0633 e. The average molecular weight is 377 g/mol. The second-order valence-corrected chi connectivity index (χ2v) is 5.70. The second kappa shape index (κ2) is 12.4. The van der Waals surface area contributed by atoms with Crippen LogP contribution in [0.15, 0.2) is 70.7 Å². The predicted octanol–water partition coefficient (Wildman–Crippen LogP) is 6.77. The van der Waals surface area contributed by atoms with Gasteiger partial charge in [-0.3, -0.25) is 9.98 Å². The number of rotatable bonds is 8. The van der Waals surface area contributed by atoms with Crippen LogP contribution < -0.4 is 0 Å². The Morgan fingerprint density at radius 1 is 0.920 bits per heavy atom. The van der Waals surface area contributed by atoms with Gasteiger partial charge in [0, 0.05) is 22.7 Å². The Kier molecular flexibility index (Phi) is 10.4. The number of nitrogens with zero attached hydrogens (tertiary/aromatic N) is 2. The molecule has 2 aromatic rings. The fourth-order valence-electron chi connectivity index (χ4n) is 2.25. The van der Waals surface area contributed by atoms with E-state index in [1.807, 2.05) is 48.7 Å². The van der Waals surface area contributed by atoms with Gasteiger partial charge in [-0.1, -0.05) is 62.8 Å². The molecular formula is C22H26N2Ni. The van der Waals surface area contributed by atoms with Crippen LogP contribution in [0.2, 0.25) is 0 Å². The van der Waals surface area contributed by atoms with E-state index in [4.69, 9.17) is 4.99 Å². The summed E-state index contributed by atoms with van der Waals surface area (Å²) >= 11 is 0. The number of para-hydroxylation sites is 1. The molecule has 0 amide bonds. The molecule has 0 heterocycles. The number of benzene rings is 2. The SMILES string of the molecule is CC/C=C/c1ccc(N=CC(CCCC)=Nc2ccccc2)cc1.[Ni]. The number of allylic oxidation sites excluding steroid dienone is 1. The van der Waals surface area contributed by atoms with E-state index in [9.17, 15) is 0 Å². The number of aliphatic imine (C=N–C) groups is 2. The van der Waals surface area contributed by atoms with Crippen molar-refractivity contribution in [2.75, 3.05) is 0 Å². The van der Waals surface area contributed by atoms with Crippen LogP contribution in [0.5, 0.6) is 0 Å². The van der Waals surface area contributed by atoms with Crippen LogP contribution in [0.1, 0.15) is 45.1 Å². The van der Waals surface area contributed by atoms with Crippen LogP contribution in [-0.4, -0.2) is 11.9 Å². The van der Waals surface area contributed by atoms with Crippen molar-refractivity contribution in [3.63, 3.8) is 0 Å². The van der Waals surface area contributed by atoms with E-state index in [0.717, 1.165) is 42.8 Å². The fourth-order valence-corrected chi connectivity index (χ4v) is 2.25. The van der Waals surface area contributed by atoms with Gasteiger partial charge >= 0.3 is 0 Å². The van der Waals surface area contributed by atoms with Crippen LogP contribution in [0, 0.1) is 0 Å². The maximum absolute atomic E-state index is 4.73. The van der Waals surface area contributed by atoms with Gasteiger partial charge in [-0.05, 0) is 49.1 Å². The summed E-state index contributed by atoms with van der Waals surface area (Å²) in [6, 6.07) is 18.4. The molecule has 134 valence electrons. The molecule has 25 heavy (non-hydrogen) atoms. The first kappa shape index (κ1) is 21.1. The summed E-state index contributed by atoms with van der Waals surface area (Å²) in [5.41, 5.74) is 4.17. The van der Waals surface area contributed by atoms with Crippen molar-refractivity contribution in [1.82, 2.24) is 0 Å². The van der Waals surface area contributed by atoms with Gasteiger partial charge in [-0.2, -0.15) is 0 Å². The Bertz CT molecular complexity index is 686. The zero-order valence-electron chi connectivity index (χ0n) is 15.0. The van der Waals surface area contributed by atoms with Gasteiger partial charge in [0.25, 0.3) is 0 Å².